The Kier molecular flexibility index (Phi) is 5.03. The predicted octanol–water partition coefficient (Wildman–Crippen LogP) is 3.92. The van der Waals surface area contributed by atoms with Gasteiger partial charge in [-0.05, 0) is 48.7 Å². The zero-order valence-electron chi connectivity index (χ0n) is 11.3. The van der Waals surface area contributed by atoms with Crippen LogP contribution in [-0.4, -0.2) is 0 Å². The van der Waals surface area contributed by atoms with Crippen molar-refractivity contribution in [2.45, 2.75) is 19.4 Å². The number of aryl methyl sites for hydroxylation is 1. The van der Waals surface area contributed by atoms with Crippen molar-refractivity contribution in [2.24, 2.45) is 5.84 Å². The van der Waals surface area contributed by atoms with Crippen molar-refractivity contribution in [3.63, 3.8) is 0 Å². The van der Waals surface area contributed by atoms with E-state index >= 15 is 0 Å². The molecule has 0 bridgehead atoms. The fourth-order valence-electron chi connectivity index (χ4n) is 2.12. The van der Waals surface area contributed by atoms with E-state index < -0.39 is 17.7 Å². The van der Waals surface area contributed by atoms with Crippen LogP contribution in [0.5, 0.6) is 0 Å². The summed E-state index contributed by atoms with van der Waals surface area (Å²) in [6.07, 6.45) is 0.261. The average molecular weight is 359 g/mol. The Bertz CT molecular complexity index is 662. The third kappa shape index (κ3) is 3.64. The molecule has 0 aliphatic heterocycles. The Hall–Kier alpha value is -1.37. The number of rotatable bonds is 4. The van der Waals surface area contributed by atoms with Crippen LogP contribution in [0, 0.1) is 24.4 Å². The van der Waals surface area contributed by atoms with Crippen LogP contribution < -0.4 is 11.3 Å². The molecule has 2 rings (SSSR count). The molecular formula is C15H14BrF3N2. The van der Waals surface area contributed by atoms with Crippen LogP contribution in [0.1, 0.15) is 22.7 Å². The molecule has 0 spiro atoms. The van der Waals surface area contributed by atoms with Crippen molar-refractivity contribution in [2.75, 3.05) is 0 Å². The van der Waals surface area contributed by atoms with Crippen molar-refractivity contribution in [3.8, 4) is 0 Å². The summed E-state index contributed by atoms with van der Waals surface area (Å²) >= 11 is 3.32. The lowest BCUT2D eigenvalue weighted by molar-refractivity contribution is 0.499. The topological polar surface area (TPSA) is 38.0 Å². The first kappa shape index (κ1) is 16.0. The lowest BCUT2D eigenvalue weighted by Crippen LogP contribution is -2.30. The quantitative estimate of drug-likeness (QED) is 0.642. The third-order valence-electron chi connectivity index (χ3n) is 3.29. The molecule has 0 saturated carbocycles. The molecule has 0 aliphatic carbocycles. The van der Waals surface area contributed by atoms with Gasteiger partial charge in [0.1, 0.15) is 17.5 Å². The van der Waals surface area contributed by atoms with Crippen LogP contribution in [0.3, 0.4) is 0 Å². The second kappa shape index (κ2) is 6.60. The van der Waals surface area contributed by atoms with Crippen LogP contribution in [-0.2, 0) is 6.42 Å². The van der Waals surface area contributed by atoms with Gasteiger partial charge >= 0.3 is 0 Å². The Morgan fingerprint density at radius 1 is 1.14 bits per heavy atom. The van der Waals surface area contributed by atoms with Crippen LogP contribution in [0.15, 0.2) is 34.8 Å². The zero-order valence-corrected chi connectivity index (χ0v) is 12.8. The maximum absolute atomic E-state index is 13.9. The van der Waals surface area contributed by atoms with E-state index in [0.29, 0.717) is 15.6 Å². The highest BCUT2D eigenvalue weighted by Gasteiger charge is 2.18. The van der Waals surface area contributed by atoms with Gasteiger partial charge in [-0.1, -0.05) is 15.9 Å². The maximum Gasteiger partial charge on any atom is 0.130 e. The summed E-state index contributed by atoms with van der Waals surface area (Å²) in [6, 6.07) is 5.88. The van der Waals surface area contributed by atoms with E-state index in [0.717, 1.165) is 6.07 Å². The minimum Gasteiger partial charge on any atom is -0.271 e. The van der Waals surface area contributed by atoms with Crippen LogP contribution in [0.2, 0.25) is 0 Å². The molecule has 2 aromatic carbocycles. The molecule has 2 nitrogen and oxygen atoms in total. The highest BCUT2D eigenvalue weighted by Crippen LogP contribution is 2.27. The summed E-state index contributed by atoms with van der Waals surface area (Å²) in [5, 5.41) is 0. The smallest absolute Gasteiger partial charge is 0.130 e. The van der Waals surface area contributed by atoms with Gasteiger partial charge in [0.2, 0.25) is 0 Å². The average Bonchev–Trinajstić information content (AvgIpc) is 2.44. The van der Waals surface area contributed by atoms with Gasteiger partial charge in [0, 0.05) is 16.1 Å². The lowest BCUT2D eigenvalue weighted by Gasteiger charge is -2.19. The molecule has 1 unspecified atom stereocenters. The number of nitrogens with two attached hydrogens (primary N) is 1. The van der Waals surface area contributed by atoms with Gasteiger partial charge in [0.25, 0.3) is 0 Å². The highest BCUT2D eigenvalue weighted by atomic mass is 79.9. The Morgan fingerprint density at radius 2 is 1.86 bits per heavy atom. The van der Waals surface area contributed by atoms with E-state index in [1.807, 2.05) is 0 Å². The van der Waals surface area contributed by atoms with Crippen molar-refractivity contribution in [1.82, 2.24) is 5.43 Å². The number of hydrogen-bond acceptors (Lipinski definition) is 2. The summed E-state index contributed by atoms with van der Waals surface area (Å²) in [5.74, 6) is 3.79. The SMILES string of the molecule is Cc1cc(C(Cc2cc(F)ccc2Br)NN)c(F)cc1F. The first-order chi connectivity index (χ1) is 9.92. The molecule has 3 N–H and O–H groups in total. The van der Waals surface area contributed by atoms with Gasteiger partial charge in [-0.25, -0.2) is 13.2 Å². The number of hydrazine groups is 1. The fraction of sp³-hybridized carbons (Fsp3) is 0.200. The normalized spacial score (nSPS) is 12.5. The molecule has 0 amide bonds. The fourth-order valence-corrected chi connectivity index (χ4v) is 2.53. The van der Waals surface area contributed by atoms with Crippen molar-refractivity contribution >= 4 is 15.9 Å². The Morgan fingerprint density at radius 3 is 2.52 bits per heavy atom. The molecule has 0 radical (unpaired) electrons. The molecule has 2 aromatic rings. The lowest BCUT2D eigenvalue weighted by atomic mass is 9.97. The van der Waals surface area contributed by atoms with E-state index in [-0.39, 0.29) is 17.8 Å². The van der Waals surface area contributed by atoms with Gasteiger partial charge < -0.3 is 0 Å². The van der Waals surface area contributed by atoms with E-state index in [1.54, 1.807) is 13.0 Å². The van der Waals surface area contributed by atoms with Crippen molar-refractivity contribution < 1.29 is 13.2 Å². The molecule has 6 heteroatoms. The zero-order chi connectivity index (χ0) is 15.6. The number of benzene rings is 2. The number of hydrogen-bond donors (Lipinski definition) is 2. The molecular weight excluding hydrogens is 345 g/mol. The van der Waals surface area contributed by atoms with Gasteiger partial charge in [-0.2, -0.15) is 0 Å². The van der Waals surface area contributed by atoms with Gasteiger partial charge in [0.05, 0.1) is 6.04 Å². The van der Waals surface area contributed by atoms with E-state index in [2.05, 4.69) is 21.4 Å². The second-order valence-corrected chi connectivity index (χ2v) is 5.64. The monoisotopic (exact) mass is 358 g/mol. The highest BCUT2D eigenvalue weighted by molar-refractivity contribution is 9.10. The van der Waals surface area contributed by atoms with E-state index in [4.69, 9.17) is 5.84 Å². The minimum atomic E-state index is -0.687. The predicted molar refractivity (Wildman–Crippen MR) is 79.0 cm³/mol. The van der Waals surface area contributed by atoms with Gasteiger partial charge in [-0.3, -0.25) is 11.3 Å². The molecule has 0 fully saturated rings. The van der Waals surface area contributed by atoms with Gasteiger partial charge in [-0.15, -0.1) is 0 Å². The summed E-state index contributed by atoms with van der Waals surface area (Å²) in [5.41, 5.74) is 3.70. The summed E-state index contributed by atoms with van der Waals surface area (Å²) in [4.78, 5) is 0. The molecule has 112 valence electrons. The molecule has 0 aliphatic rings. The van der Waals surface area contributed by atoms with Crippen molar-refractivity contribution in [3.05, 3.63) is 68.9 Å². The summed E-state index contributed by atoms with van der Waals surface area (Å²) in [7, 11) is 0. The largest absolute Gasteiger partial charge is 0.271 e. The molecule has 21 heavy (non-hydrogen) atoms. The maximum atomic E-state index is 13.9. The number of nitrogens with one attached hydrogen (secondary N) is 1. The van der Waals surface area contributed by atoms with Gasteiger partial charge in [0.15, 0.2) is 0 Å². The summed E-state index contributed by atoms with van der Waals surface area (Å²) < 4.78 is 41.3. The second-order valence-electron chi connectivity index (χ2n) is 4.78. The number of halogens is 4. The van der Waals surface area contributed by atoms with Crippen LogP contribution >= 0.6 is 15.9 Å². The molecule has 0 aromatic heterocycles. The summed E-state index contributed by atoms with van der Waals surface area (Å²) in [6.45, 7) is 1.55. The van der Waals surface area contributed by atoms with Crippen molar-refractivity contribution in [1.29, 1.82) is 0 Å². The van der Waals surface area contributed by atoms with E-state index in [1.165, 1.54) is 18.2 Å². The molecule has 0 saturated heterocycles. The first-order valence-corrected chi connectivity index (χ1v) is 7.07. The molecule has 0 heterocycles. The standard InChI is InChI=1S/C15H14BrF3N2/c1-8-4-11(14(19)7-13(8)18)15(21-20)6-9-5-10(17)2-3-12(9)16/h2-5,7,15,21H,6,20H2,1H3. The first-order valence-electron chi connectivity index (χ1n) is 6.28. The molecule has 1 atom stereocenters. The van der Waals surface area contributed by atoms with Crippen LogP contribution in [0.25, 0.3) is 0 Å². The minimum absolute atomic E-state index is 0.243. The van der Waals surface area contributed by atoms with Crippen LogP contribution in [0.4, 0.5) is 13.2 Å². The third-order valence-corrected chi connectivity index (χ3v) is 4.06. The Labute approximate surface area is 129 Å². The Balaban J connectivity index is 2.36. The van der Waals surface area contributed by atoms with E-state index in [9.17, 15) is 13.2 Å².